The van der Waals surface area contributed by atoms with Crippen molar-refractivity contribution < 1.29 is 31.4 Å². The van der Waals surface area contributed by atoms with Gasteiger partial charge >= 0.3 is 12.5 Å². The summed E-state index contributed by atoms with van der Waals surface area (Å²) in [4.78, 5) is 1.20. The monoisotopic (exact) mass is 396 g/mol. The molecule has 138 valence electrons. The van der Waals surface area contributed by atoms with Gasteiger partial charge in [0.05, 0.1) is 0 Å². The van der Waals surface area contributed by atoms with Gasteiger partial charge in [-0.2, -0.15) is 13.2 Å². The molecule has 0 radical (unpaired) electrons. The number of hydrogen-bond donors (Lipinski definition) is 1. The highest BCUT2D eigenvalue weighted by Crippen LogP contribution is 2.49. The number of rotatable bonds is 2. The summed E-state index contributed by atoms with van der Waals surface area (Å²) >= 11 is 0. The van der Waals surface area contributed by atoms with Gasteiger partial charge in [-0.25, -0.2) is 0 Å². The summed E-state index contributed by atoms with van der Waals surface area (Å²) in [5.74, 6) is -0.930. The predicted octanol–water partition coefficient (Wildman–Crippen LogP) is 3.36. The first-order valence-electron chi connectivity index (χ1n) is 6.68. The van der Waals surface area contributed by atoms with E-state index < -0.39 is 24.3 Å². The van der Waals surface area contributed by atoms with E-state index in [4.69, 9.17) is 0 Å². The molecule has 1 atom stereocenters. The molecular weight excluding hydrogens is 382 g/mol. The van der Waals surface area contributed by atoms with E-state index in [-0.39, 0.29) is 49.2 Å². The van der Waals surface area contributed by atoms with Crippen LogP contribution in [0.5, 0.6) is 11.5 Å². The van der Waals surface area contributed by atoms with E-state index in [2.05, 4.69) is 14.8 Å². The van der Waals surface area contributed by atoms with E-state index in [1.54, 1.807) is 0 Å². The van der Waals surface area contributed by atoms with Crippen molar-refractivity contribution in [3.05, 3.63) is 23.8 Å². The van der Waals surface area contributed by atoms with Crippen molar-refractivity contribution in [2.24, 2.45) is 0 Å². The van der Waals surface area contributed by atoms with E-state index in [0.29, 0.717) is 13.1 Å². The largest absolute Gasteiger partial charge is 0.586 e. The van der Waals surface area contributed by atoms with Crippen LogP contribution >= 0.6 is 24.8 Å². The summed E-state index contributed by atoms with van der Waals surface area (Å²) in [5, 5.41) is 2.95. The van der Waals surface area contributed by atoms with Gasteiger partial charge in [-0.05, 0) is 6.07 Å². The van der Waals surface area contributed by atoms with Gasteiger partial charge in [-0.15, -0.1) is 33.6 Å². The molecule has 0 bridgehead atoms. The average molecular weight is 397 g/mol. The van der Waals surface area contributed by atoms with Crippen molar-refractivity contribution in [1.29, 1.82) is 0 Å². The number of fused-ring (bicyclic) bond motifs is 1. The number of halogens is 7. The van der Waals surface area contributed by atoms with Gasteiger partial charge in [0.1, 0.15) is 6.04 Å². The van der Waals surface area contributed by atoms with E-state index in [9.17, 15) is 22.0 Å². The molecule has 0 aromatic heterocycles. The third kappa shape index (κ3) is 4.14. The molecule has 3 rings (SSSR count). The third-order valence-corrected chi connectivity index (χ3v) is 3.58. The molecule has 1 aromatic rings. The Kier molecular flexibility index (Phi) is 6.54. The summed E-state index contributed by atoms with van der Waals surface area (Å²) in [5.41, 5.74) is -0.357. The Hall–Kier alpha value is -1.03. The summed E-state index contributed by atoms with van der Waals surface area (Å²) in [6.07, 6.45) is -8.56. The molecule has 4 nitrogen and oxygen atoms in total. The molecule has 1 N–H and O–H groups in total. The maximum absolute atomic E-state index is 13.5. The van der Waals surface area contributed by atoms with Crippen LogP contribution in [0.4, 0.5) is 22.0 Å². The van der Waals surface area contributed by atoms with E-state index in [0.717, 1.165) is 12.1 Å². The Balaban J connectivity index is 0.00000144. The highest BCUT2D eigenvalue weighted by molar-refractivity contribution is 5.85. The highest BCUT2D eigenvalue weighted by atomic mass is 35.5. The van der Waals surface area contributed by atoms with Crippen LogP contribution < -0.4 is 14.8 Å². The molecule has 0 amide bonds. The second-order valence-electron chi connectivity index (χ2n) is 5.07. The lowest BCUT2D eigenvalue weighted by atomic mass is 10.0. The fourth-order valence-electron chi connectivity index (χ4n) is 2.73. The van der Waals surface area contributed by atoms with Crippen molar-refractivity contribution >= 4 is 24.8 Å². The minimum atomic E-state index is -4.62. The van der Waals surface area contributed by atoms with E-state index in [1.165, 1.54) is 11.0 Å². The molecule has 0 saturated carbocycles. The van der Waals surface area contributed by atoms with Gasteiger partial charge in [0, 0.05) is 31.7 Å². The third-order valence-electron chi connectivity index (χ3n) is 3.58. The van der Waals surface area contributed by atoms with Crippen molar-refractivity contribution in [3.8, 4) is 11.5 Å². The number of nitrogens with zero attached hydrogens (tertiary/aromatic N) is 1. The first-order chi connectivity index (χ1) is 10.3. The summed E-state index contributed by atoms with van der Waals surface area (Å²) in [7, 11) is 0. The van der Waals surface area contributed by atoms with Crippen molar-refractivity contribution in [2.45, 2.75) is 18.5 Å². The van der Waals surface area contributed by atoms with Crippen molar-refractivity contribution in [3.63, 3.8) is 0 Å². The smallest absolute Gasteiger partial charge is 0.395 e. The molecule has 1 saturated heterocycles. The van der Waals surface area contributed by atoms with Crippen LogP contribution in [-0.2, 0) is 0 Å². The zero-order valence-electron chi connectivity index (χ0n) is 12.1. The maximum atomic E-state index is 13.5. The first-order valence-corrected chi connectivity index (χ1v) is 6.68. The minimum Gasteiger partial charge on any atom is -0.395 e. The zero-order valence-corrected chi connectivity index (χ0v) is 13.7. The Morgan fingerprint density at radius 2 is 1.71 bits per heavy atom. The zero-order chi connectivity index (χ0) is 16.0. The fourth-order valence-corrected chi connectivity index (χ4v) is 2.73. The molecule has 2 aliphatic rings. The predicted molar refractivity (Wildman–Crippen MR) is 80.4 cm³/mol. The van der Waals surface area contributed by atoms with Crippen LogP contribution in [0.3, 0.4) is 0 Å². The van der Waals surface area contributed by atoms with Crippen LogP contribution in [0, 0.1) is 0 Å². The Morgan fingerprint density at radius 3 is 2.29 bits per heavy atom. The van der Waals surface area contributed by atoms with Crippen LogP contribution in [0.15, 0.2) is 18.2 Å². The van der Waals surface area contributed by atoms with Gasteiger partial charge in [-0.1, -0.05) is 12.1 Å². The number of nitrogens with one attached hydrogen (secondary N) is 1. The second kappa shape index (κ2) is 7.47. The highest BCUT2D eigenvalue weighted by Gasteiger charge is 2.51. The molecule has 0 aliphatic carbocycles. The van der Waals surface area contributed by atoms with Crippen LogP contribution in [0.1, 0.15) is 11.6 Å². The number of hydrogen-bond acceptors (Lipinski definition) is 4. The normalized spacial score (nSPS) is 20.7. The fraction of sp³-hybridized carbons (Fsp3) is 0.538. The quantitative estimate of drug-likeness (QED) is 0.777. The number of benzene rings is 1. The average Bonchev–Trinajstić information content (AvgIpc) is 2.73. The lowest BCUT2D eigenvalue weighted by molar-refractivity contribution is -0.287. The van der Waals surface area contributed by atoms with Crippen LogP contribution in [0.2, 0.25) is 0 Å². The molecule has 1 fully saturated rings. The molecule has 0 spiro atoms. The Labute approximate surface area is 147 Å². The van der Waals surface area contributed by atoms with E-state index in [1.807, 2.05) is 0 Å². The summed E-state index contributed by atoms with van der Waals surface area (Å²) < 4.78 is 75.4. The lowest BCUT2D eigenvalue weighted by Gasteiger charge is -2.36. The molecule has 2 heterocycles. The molecular formula is C13H15Cl2F5N2O2. The summed E-state index contributed by atoms with van der Waals surface area (Å²) in [6, 6.07) is 1.54. The Bertz CT molecular complexity index is 568. The first kappa shape index (κ1) is 21.0. The van der Waals surface area contributed by atoms with Gasteiger partial charge < -0.3 is 14.8 Å². The molecule has 2 aliphatic heterocycles. The lowest BCUT2D eigenvalue weighted by Crippen LogP contribution is -2.49. The second-order valence-corrected chi connectivity index (χ2v) is 5.07. The standard InChI is InChI=1S/C13H13F5N2O2.2ClH/c14-12(15,16)11(20-6-4-19-5-7-20)8-2-1-3-9-10(8)22-13(17,18)21-9;;/h1-3,11,19H,4-7H2;2*1H/t11-;;/m0../s1. The number of ether oxygens (including phenoxy) is 2. The number of piperazine rings is 1. The van der Waals surface area contributed by atoms with Gasteiger partial charge in [0.15, 0.2) is 11.5 Å². The Morgan fingerprint density at radius 1 is 1.08 bits per heavy atom. The maximum Gasteiger partial charge on any atom is 0.586 e. The topological polar surface area (TPSA) is 33.7 Å². The SMILES string of the molecule is Cl.Cl.FC1(F)Oc2cccc([C@H](N3CCNCC3)C(F)(F)F)c2O1. The number of para-hydroxylation sites is 1. The van der Waals surface area contributed by atoms with Gasteiger partial charge in [0.25, 0.3) is 0 Å². The molecule has 0 unspecified atom stereocenters. The van der Waals surface area contributed by atoms with Crippen molar-refractivity contribution in [2.75, 3.05) is 26.2 Å². The number of alkyl halides is 5. The van der Waals surface area contributed by atoms with E-state index >= 15 is 0 Å². The molecule has 1 aromatic carbocycles. The van der Waals surface area contributed by atoms with Crippen LogP contribution in [0.25, 0.3) is 0 Å². The molecule has 11 heteroatoms. The minimum absolute atomic E-state index is 0. The summed E-state index contributed by atoms with van der Waals surface area (Å²) in [6.45, 7) is 1.11. The van der Waals surface area contributed by atoms with Gasteiger partial charge in [-0.3, -0.25) is 4.90 Å². The van der Waals surface area contributed by atoms with Crippen molar-refractivity contribution in [1.82, 2.24) is 10.2 Å². The van der Waals surface area contributed by atoms with Crippen LogP contribution in [-0.4, -0.2) is 43.5 Å². The van der Waals surface area contributed by atoms with Gasteiger partial charge in [0.2, 0.25) is 0 Å². The molecule has 24 heavy (non-hydrogen) atoms.